The van der Waals surface area contributed by atoms with E-state index in [2.05, 4.69) is 5.32 Å². The summed E-state index contributed by atoms with van der Waals surface area (Å²) in [4.78, 5) is 46.1. The normalized spacial score (nSPS) is 13.0. The maximum absolute atomic E-state index is 12.0. The van der Waals surface area contributed by atoms with Crippen molar-refractivity contribution in [3.8, 4) is 22.3 Å². The van der Waals surface area contributed by atoms with E-state index in [1.807, 2.05) is 56.3 Å². The van der Waals surface area contributed by atoms with Crippen LogP contribution in [0.4, 0.5) is 0 Å². The molecule has 4 atom stereocenters. The lowest BCUT2D eigenvalue weighted by molar-refractivity contribution is -0.156. The molecule has 0 aliphatic carbocycles. The molecule has 0 radical (unpaired) electrons. The molecule has 0 heterocycles. The smallest absolute Gasteiger partial charge is 0.394 e. The number of nitrogens with one attached hydrogen (secondary N) is 1. The lowest BCUT2D eigenvalue weighted by atomic mass is 9.97. The molecular weight excluding hydrogens is 818 g/mol. The van der Waals surface area contributed by atoms with Crippen LogP contribution < -0.4 is 11.1 Å². The second-order valence-electron chi connectivity index (χ2n) is 13.6. The quantitative estimate of drug-likeness (QED) is 0.0556. The van der Waals surface area contributed by atoms with Crippen molar-refractivity contribution >= 4 is 70.2 Å². The topological polar surface area (TPSA) is 185 Å². The van der Waals surface area contributed by atoms with Gasteiger partial charge in [-0.3, -0.25) is 4.79 Å². The minimum atomic E-state index is -1.65. The Morgan fingerprint density at radius 1 is 0.684 bits per heavy atom. The van der Waals surface area contributed by atoms with Crippen molar-refractivity contribution < 1.29 is 44.0 Å². The van der Waals surface area contributed by atoms with E-state index < -0.39 is 42.1 Å². The highest BCUT2D eigenvalue weighted by Gasteiger charge is 2.26. The van der Waals surface area contributed by atoms with E-state index in [9.17, 15) is 29.4 Å². The Morgan fingerprint density at radius 2 is 1.14 bits per heavy atom. The largest absolute Gasteiger partial charge is 0.474 e. The zero-order chi connectivity index (χ0) is 42.2. The molecule has 0 fully saturated rings. The monoisotopic (exact) mass is 862 g/mol. The molecule has 0 aliphatic rings. The Labute approximate surface area is 352 Å². The number of carboxylic acid groups (broad SMARTS) is 1. The number of rotatable bonds is 16. The van der Waals surface area contributed by atoms with Gasteiger partial charge < -0.3 is 35.8 Å². The van der Waals surface area contributed by atoms with Crippen LogP contribution in [-0.2, 0) is 41.5 Å². The number of carbonyl (C=O) groups excluding carboxylic acids is 3. The summed E-state index contributed by atoms with van der Waals surface area (Å²) in [5.74, 6) is -4.24. The van der Waals surface area contributed by atoms with Gasteiger partial charge in [-0.25, -0.2) is 14.4 Å². The van der Waals surface area contributed by atoms with E-state index in [1.165, 1.54) is 0 Å². The van der Waals surface area contributed by atoms with Crippen molar-refractivity contribution in [2.75, 3.05) is 13.2 Å². The highest BCUT2D eigenvalue weighted by atomic mass is 35.5. The molecule has 0 aliphatic heterocycles. The molecule has 0 unspecified atom stereocenters. The van der Waals surface area contributed by atoms with Gasteiger partial charge in [0.2, 0.25) is 0 Å². The van der Waals surface area contributed by atoms with Crippen LogP contribution in [0.3, 0.4) is 0 Å². The number of carbonyl (C=O) groups is 4. The maximum atomic E-state index is 12.0. The molecule has 4 aromatic carbocycles. The van der Waals surface area contributed by atoms with Crippen LogP contribution in [0.15, 0.2) is 84.9 Å². The summed E-state index contributed by atoms with van der Waals surface area (Å²) in [6.45, 7) is 5.79. The van der Waals surface area contributed by atoms with E-state index in [1.54, 1.807) is 49.4 Å². The predicted octanol–water partition coefficient (Wildman–Crippen LogP) is 7.57. The average Bonchev–Trinajstić information content (AvgIpc) is 3.16. The lowest BCUT2D eigenvalue weighted by Crippen LogP contribution is -2.43. The van der Waals surface area contributed by atoms with Crippen LogP contribution in [0.2, 0.25) is 20.1 Å². The summed E-state index contributed by atoms with van der Waals surface area (Å²) in [5, 5.41) is 33.5. The first kappa shape index (κ1) is 47.2. The molecule has 1 amide bonds. The van der Waals surface area contributed by atoms with Crippen LogP contribution in [0, 0.1) is 5.92 Å². The molecule has 6 N–H and O–H groups in total. The van der Waals surface area contributed by atoms with Gasteiger partial charge in [-0.15, -0.1) is 0 Å². The second kappa shape index (κ2) is 23.3. The predicted molar refractivity (Wildman–Crippen MR) is 222 cm³/mol. The number of amides is 1. The number of carboxylic acids is 1. The molecule has 306 valence electrons. The van der Waals surface area contributed by atoms with Gasteiger partial charge in [0.25, 0.3) is 0 Å². The van der Waals surface area contributed by atoms with Gasteiger partial charge >= 0.3 is 23.8 Å². The third-order valence-electron chi connectivity index (χ3n) is 8.32. The number of hydrogen-bond acceptors (Lipinski definition) is 9. The van der Waals surface area contributed by atoms with E-state index in [0.29, 0.717) is 26.5 Å². The molecule has 57 heavy (non-hydrogen) atoms. The van der Waals surface area contributed by atoms with Gasteiger partial charge in [0, 0.05) is 49.7 Å². The van der Waals surface area contributed by atoms with E-state index >= 15 is 0 Å². The standard InChI is InChI=1S/C23H25Cl2NO6.C19H21Cl2NO3/c1-13(2)12-32-23(31)20(27)11-17(26-21(28)22(29)30)9-14-3-5-15(6-4-14)18-10-16(24)7-8-19(18)25;1-2-25-19(24)18(23)11-15(22)9-12-3-5-13(6-4-12)16-10-14(20)7-8-17(16)21/h3-8,10,13,17,20,27H,9,11-12H2,1-2H3,(H,26,28)(H,29,30);3-8,10,15,18,23H,2,9,11,22H2,1H3/t17-,20-;15-,18-/m11/s1. The third kappa shape index (κ3) is 15.9. The Balaban J connectivity index is 0.000000315. The first-order chi connectivity index (χ1) is 27.0. The average molecular weight is 865 g/mol. The zero-order valence-electron chi connectivity index (χ0n) is 31.6. The number of nitrogens with two attached hydrogens (primary N) is 1. The SMILES string of the molecule is CC(C)COC(=O)[C@H](O)C[C@@H](Cc1ccc(-c2cc(Cl)ccc2Cl)cc1)NC(=O)C(=O)O.CCOC(=O)[C@H](O)C[C@H](N)Cc1ccc(-c2cc(Cl)ccc2Cl)cc1. The van der Waals surface area contributed by atoms with Gasteiger partial charge in [-0.1, -0.05) is 109 Å². The molecule has 0 saturated carbocycles. The Kier molecular flexibility index (Phi) is 19.3. The summed E-state index contributed by atoms with van der Waals surface area (Å²) in [5.41, 5.74) is 11.2. The molecule has 0 bridgehead atoms. The fourth-order valence-electron chi connectivity index (χ4n) is 5.52. The zero-order valence-corrected chi connectivity index (χ0v) is 34.6. The van der Waals surface area contributed by atoms with E-state index in [4.69, 9.17) is 66.7 Å². The Hall–Kier alpha value is -4.20. The molecule has 4 rings (SSSR count). The first-order valence-corrected chi connectivity index (χ1v) is 19.6. The number of aliphatic hydroxyl groups is 2. The van der Waals surface area contributed by atoms with Crippen LogP contribution >= 0.6 is 46.4 Å². The summed E-state index contributed by atoms with van der Waals surface area (Å²) in [6, 6.07) is 24.3. The minimum absolute atomic E-state index is 0.0974. The highest BCUT2D eigenvalue weighted by molar-refractivity contribution is 6.36. The molecule has 11 nitrogen and oxygen atoms in total. The fraction of sp³-hybridized carbons (Fsp3) is 0.333. The summed E-state index contributed by atoms with van der Waals surface area (Å²) in [6.07, 6.45) is -2.01. The molecule has 4 aromatic rings. The van der Waals surface area contributed by atoms with Gasteiger partial charge in [0.1, 0.15) is 0 Å². The van der Waals surface area contributed by atoms with Crippen molar-refractivity contribution in [1.82, 2.24) is 5.32 Å². The number of hydrogen-bond donors (Lipinski definition) is 5. The Bertz CT molecular complexity index is 1960. The molecule has 0 spiro atoms. The number of esters is 2. The summed E-state index contributed by atoms with van der Waals surface area (Å²) in [7, 11) is 0. The van der Waals surface area contributed by atoms with Crippen LogP contribution in [0.25, 0.3) is 22.3 Å². The summed E-state index contributed by atoms with van der Waals surface area (Å²) < 4.78 is 9.79. The summed E-state index contributed by atoms with van der Waals surface area (Å²) >= 11 is 24.5. The Morgan fingerprint density at radius 3 is 1.60 bits per heavy atom. The second-order valence-corrected chi connectivity index (χ2v) is 15.3. The van der Waals surface area contributed by atoms with Crippen molar-refractivity contribution in [3.05, 3.63) is 116 Å². The first-order valence-electron chi connectivity index (χ1n) is 18.0. The highest BCUT2D eigenvalue weighted by Crippen LogP contribution is 2.32. The van der Waals surface area contributed by atoms with E-state index in [-0.39, 0.29) is 44.4 Å². The van der Waals surface area contributed by atoms with Crippen LogP contribution in [0.1, 0.15) is 44.7 Å². The van der Waals surface area contributed by atoms with Crippen molar-refractivity contribution in [2.45, 2.75) is 70.7 Å². The van der Waals surface area contributed by atoms with E-state index in [0.717, 1.165) is 33.4 Å². The number of aliphatic carboxylic acids is 1. The van der Waals surface area contributed by atoms with Gasteiger partial charge in [-0.2, -0.15) is 0 Å². The van der Waals surface area contributed by atoms with Crippen molar-refractivity contribution in [3.63, 3.8) is 0 Å². The molecule has 0 aromatic heterocycles. The number of aliphatic hydroxyl groups excluding tert-OH is 2. The number of benzene rings is 4. The number of halogens is 4. The molecule has 0 saturated heterocycles. The van der Waals surface area contributed by atoms with Crippen molar-refractivity contribution in [2.24, 2.45) is 11.7 Å². The number of ether oxygens (including phenoxy) is 2. The van der Waals surface area contributed by atoms with Crippen molar-refractivity contribution in [1.29, 1.82) is 0 Å². The molecular formula is C42H46Cl4N2O9. The third-order valence-corrected chi connectivity index (χ3v) is 9.45. The van der Waals surface area contributed by atoms with Gasteiger partial charge in [0.05, 0.1) is 13.2 Å². The van der Waals surface area contributed by atoms with Gasteiger partial charge in [0.15, 0.2) is 12.2 Å². The van der Waals surface area contributed by atoms with Gasteiger partial charge in [-0.05, 0) is 90.8 Å². The fourth-order valence-corrected chi connectivity index (χ4v) is 6.32. The molecule has 15 heteroatoms. The minimum Gasteiger partial charge on any atom is -0.474 e. The lowest BCUT2D eigenvalue weighted by Gasteiger charge is -2.21. The maximum Gasteiger partial charge on any atom is 0.394 e. The van der Waals surface area contributed by atoms with Crippen LogP contribution in [-0.4, -0.2) is 76.6 Å². The van der Waals surface area contributed by atoms with Crippen LogP contribution in [0.5, 0.6) is 0 Å².